The Bertz CT molecular complexity index is 325. The first-order valence-electron chi connectivity index (χ1n) is 4.25. The fourth-order valence-electron chi connectivity index (χ4n) is 1.14. The lowest BCUT2D eigenvalue weighted by molar-refractivity contribution is -0.138. The predicted molar refractivity (Wildman–Crippen MR) is 52.3 cm³/mol. The molecule has 4 heteroatoms. The molecule has 0 radical (unpaired) electrons. The molecule has 1 aromatic rings. The lowest BCUT2D eigenvalue weighted by atomic mass is 10.1. The summed E-state index contributed by atoms with van der Waals surface area (Å²) in [5.41, 5.74) is 6.26. The van der Waals surface area contributed by atoms with Gasteiger partial charge in [-0.2, -0.15) is 0 Å². The van der Waals surface area contributed by atoms with Gasteiger partial charge in [-0.3, -0.25) is 4.79 Å². The number of aliphatic carboxylic acids is 1. The first-order chi connectivity index (χ1) is 6.63. The minimum absolute atomic E-state index is 0.312. The summed E-state index contributed by atoms with van der Waals surface area (Å²) in [6, 6.07) is 6.36. The molecule has 1 rings (SSSR count). The van der Waals surface area contributed by atoms with Gasteiger partial charge in [-0.05, 0) is 24.1 Å². The molecule has 0 amide bonds. The second-order valence-electron chi connectivity index (χ2n) is 3.00. The van der Waals surface area contributed by atoms with Crippen molar-refractivity contribution < 1.29 is 14.6 Å². The Kier molecular flexibility index (Phi) is 3.48. The molecule has 0 aromatic heterocycles. The minimum Gasteiger partial charge on any atom is -0.497 e. The quantitative estimate of drug-likeness (QED) is 0.739. The van der Waals surface area contributed by atoms with E-state index in [4.69, 9.17) is 15.6 Å². The largest absolute Gasteiger partial charge is 0.497 e. The fraction of sp³-hybridized carbons (Fsp3) is 0.300. The Balaban J connectivity index is 2.71. The Labute approximate surface area is 82.3 Å². The van der Waals surface area contributed by atoms with Gasteiger partial charge in [-0.25, -0.2) is 0 Å². The van der Waals surface area contributed by atoms with Crippen molar-refractivity contribution in [2.45, 2.75) is 12.5 Å². The molecule has 0 bridgehead atoms. The lowest BCUT2D eigenvalue weighted by Gasteiger charge is -2.07. The highest BCUT2D eigenvalue weighted by atomic mass is 16.5. The Morgan fingerprint density at radius 2 is 2.36 bits per heavy atom. The van der Waals surface area contributed by atoms with Crippen LogP contribution in [-0.4, -0.2) is 24.2 Å². The van der Waals surface area contributed by atoms with E-state index in [1.54, 1.807) is 19.2 Å². The fourth-order valence-corrected chi connectivity index (χ4v) is 1.14. The second kappa shape index (κ2) is 4.62. The van der Waals surface area contributed by atoms with E-state index in [1.165, 1.54) is 0 Å². The van der Waals surface area contributed by atoms with Crippen LogP contribution in [0, 0.1) is 0 Å². The highest BCUT2D eigenvalue weighted by Gasteiger charge is 2.11. The van der Waals surface area contributed by atoms with Gasteiger partial charge in [0.15, 0.2) is 0 Å². The zero-order valence-corrected chi connectivity index (χ0v) is 7.93. The smallest absolute Gasteiger partial charge is 0.320 e. The molecule has 1 atom stereocenters. The standard InChI is InChI=1S/C10H13NO3/c1-14-8-4-2-3-7(5-8)6-9(11)10(12)13/h2-5,9H,6,11H2,1H3,(H,12,13). The molecule has 0 aliphatic rings. The average Bonchev–Trinajstić information content (AvgIpc) is 2.18. The van der Waals surface area contributed by atoms with Crippen LogP contribution in [0.1, 0.15) is 5.56 Å². The van der Waals surface area contributed by atoms with Crippen LogP contribution in [0.3, 0.4) is 0 Å². The van der Waals surface area contributed by atoms with Gasteiger partial charge in [0.25, 0.3) is 0 Å². The van der Waals surface area contributed by atoms with Crippen molar-refractivity contribution in [3.63, 3.8) is 0 Å². The molecular formula is C10H13NO3. The van der Waals surface area contributed by atoms with Crippen LogP contribution in [0.4, 0.5) is 0 Å². The molecule has 1 aromatic carbocycles. The van der Waals surface area contributed by atoms with Crippen molar-refractivity contribution >= 4 is 5.97 Å². The van der Waals surface area contributed by atoms with Crippen molar-refractivity contribution in [2.75, 3.05) is 7.11 Å². The Morgan fingerprint density at radius 3 is 2.93 bits per heavy atom. The summed E-state index contributed by atoms with van der Waals surface area (Å²) in [6.07, 6.45) is 0.312. The summed E-state index contributed by atoms with van der Waals surface area (Å²) < 4.78 is 5.01. The molecule has 1 unspecified atom stereocenters. The molecule has 0 fully saturated rings. The highest BCUT2D eigenvalue weighted by Crippen LogP contribution is 2.13. The van der Waals surface area contributed by atoms with Crippen molar-refractivity contribution in [3.8, 4) is 5.75 Å². The van der Waals surface area contributed by atoms with Gasteiger partial charge in [0.1, 0.15) is 11.8 Å². The summed E-state index contributed by atoms with van der Waals surface area (Å²) in [5.74, 6) is -0.284. The third kappa shape index (κ3) is 2.74. The van der Waals surface area contributed by atoms with Gasteiger partial charge >= 0.3 is 5.97 Å². The average molecular weight is 195 g/mol. The first-order valence-corrected chi connectivity index (χ1v) is 4.25. The monoisotopic (exact) mass is 195 g/mol. The molecule has 0 spiro atoms. The number of benzene rings is 1. The van der Waals surface area contributed by atoms with Gasteiger partial charge in [-0.15, -0.1) is 0 Å². The number of nitrogens with two attached hydrogens (primary N) is 1. The SMILES string of the molecule is COc1cccc(CC(N)C(=O)O)c1. The molecule has 0 saturated heterocycles. The molecule has 3 N–H and O–H groups in total. The van der Waals surface area contributed by atoms with E-state index >= 15 is 0 Å². The summed E-state index contributed by atoms with van der Waals surface area (Å²) in [7, 11) is 1.57. The number of carbonyl (C=O) groups is 1. The Hall–Kier alpha value is -1.55. The van der Waals surface area contributed by atoms with Crippen LogP contribution >= 0.6 is 0 Å². The van der Waals surface area contributed by atoms with Crippen LogP contribution in [0.2, 0.25) is 0 Å². The highest BCUT2D eigenvalue weighted by molar-refractivity contribution is 5.73. The zero-order chi connectivity index (χ0) is 10.6. The van der Waals surface area contributed by atoms with Crippen molar-refractivity contribution in [1.29, 1.82) is 0 Å². The molecule has 14 heavy (non-hydrogen) atoms. The topological polar surface area (TPSA) is 72.5 Å². The number of carboxylic acid groups (broad SMARTS) is 1. The van der Waals surface area contributed by atoms with Crippen molar-refractivity contribution in [2.24, 2.45) is 5.73 Å². The summed E-state index contributed by atoms with van der Waals surface area (Å²) >= 11 is 0. The van der Waals surface area contributed by atoms with E-state index in [9.17, 15) is 4.79 Å². The number of hydrogen-bond donors (Lipinski definition) is 2. The Morgan fingerprint density at radius 1 is 1.64 bits per heavy atom. The molecule has 76 valence electrons. The molecular weight excluding hydrogens is 182 g/mol. The summed E-state index contributed by atoms with van der Waals surface area (Å²) in [5, 5.41) is 8.61. The summed E-state index contributed by atoms with van der Waals surface area (Å²) in [6.45, 7) is 0. The van der Waals surface area contributed by atoms with Crippen molar-refractivity contribution in [1.82, 2.24) is 0 Å². The van der Waals surface area contributed by atoms with E-state index in [0.29, 0.717) is 12.2 Å². The van der Waals surface area contributed by atoms with Crippen LogP contribution in [0.5, 0.6) is 5.75 Å². The van der Waals surface area contributed by atoms with Crippen LogP contribution in [0.25, 0.3) is 0 Å². The third-order valence-corrected chi connectivity index (χ3v) is 1.91. The predicted octanol–water partition coefficient (Wildman–Crippen LogP) is 0.650. The lowest BCUT2D eigenvalue weighted by Crippen LogP contribution is -2.32. The number of ether oxygens (including phenoxy) is 1. The van der Waals surface area contributed by atoms with Crippen LogP contribution < -0.4 is 10.5 Å². The van der Waals surface area contributed by atoms with Gasteiger partial charge in [0.2, 0.25) is 0 Å². The van der Waals surface area contributed by atoms with Gasteiger partial charge < -0.3 is 15.6 Å². The molecule has 0 heterocycles. The number of hydrogen-bond acceptors (Lipinski definition) is 3. The maximum Gasteiger partial charge on any atom is 0.320 e. The van der Waals surface area contributed by atoms with E-state index in [0.717, 1.165) is 5.56 Å². The first kappa shape index (κ1) is 10.5. The van der Waals surface area contributed by atoms with E-state index < -0.39 is 12.0 Å². The number of carboxylic acids is 1. The zero-order valence-electron chi connectivity index (χ0n) is 7.93. The number of rotatable bonds is 4. The minimum atomic E-state index is -0.993. The summed E-state index contributed by atoms with van der Waals surface area (Å²) in [4.78, 5) is 10.5. The van der Waals surface area contributed by atoms with E-state index in [2.05, 4.69) is 0 Å². The number of methoxy groups -OCH3 is 1. The normalized spacial score (nSPS) is 12.1. The molecule has 4 nitrogen and oxygen atoms in total. The molecule has 0 aliphatic carbocycles. The maximum atomic E-state index is 10.5. The van der Waals surface area contributed by atoms with Gasteiger partial charge in [-0.1, -0.05) is 12.1 Å². The van der Waals surface area contributed by atoms with Gasteiger partial charge in [0, 0.05) is 0 Å². The second-order valence-corrected chi connectivity index (χ2v) is 3.00. The third-order valence-electron chi connectivity index (χ3n) is 1.91. The van der Waals surface area contributed by atoms with Gasteiger partial charge in [0.05, 0.1) is 7.11 Å². The molecule has 0 aliphatic heterocycles. The maximum absolute atomic E-state index is 10.5. The van der Waals surface area contributed by atoms with Crippen LogP contribution in [-0.2, 0) is 11.2 Å². The van der Waals surface area contributed by atoms with E-state index in [1.807, 2.05) is 12.1 Å². The molecule has 0 saturated carbocycles. The van der Waals surface area contributed by atoms with E-state index in [-0.39, 0.29) is 0 Å². The van der Waals surface area contributed by atoms with Crippen molar-refractivity contribution in [3.05, 3.63) is 29.8 Å². The van der Waals surface area contributed by atoms with Crippen LogP contribution in [0.15, 0.2) is 24.3 Å².